The van der Waals surface area contributed by atoms with Gasteiger partial charge in [0.25, 0.3) is 0 Å². The van der Waals surface area contributed by atoms with Crippen LogP contribution in [0.25, 0.3) is 11.3 Å². The summed E-state index contributed by atoms with van der Waals surface area (Å²) < 4.78 is 10.5. The number of benzene rings is 1. The lowest BCUT2D eigenvalue weighted by molar-refractivity contribution is -0.118. The molecule has 22 heavy (non-hydrogen) atoms. The second-order valence-corrected chi connectivity index (χ2v) is 5.49. The monoisotopic (exact) mass is 321 g/mol. The molecule has 1 aliphatic rings. The lowest BCUT2D eigenvalue weighted by atomic mass is 10.1. The second-order valence-electron chi connectivity index (χ2n) is 5.06. The van der Waals surface area contributed by atoms with E-state index < -0.39 is 0 Å². The van der Waals surface area contributed by atoms with Crippen LogP contribution in [0, 0.1) is 0 Å². The Bertz CT molecular complexity index is 656. The van der Waals surface area contributed by atoms with Gasteiger partial charge < -0.3 is 14.6 Å². The Balaban J connectivity index is 1.80. The van der Waals surface area contributed by atoms with E-state index in [0.717, 1.165) is 5.56 Å². The van der Waals surface area contributed by atoms with Crippen LogP contribution in [-0.2, 0) is 9.53 Å². The number of carbonyl (C=O) groups excluding carboxylic acids is 1. The van der Waals surface area contributed by atoms with Gasteiger partial charge >= 0.3 is 0 Å². The highest BCUT2D eigenvalue weighted by molar-refractivity contribution is 6.30. The number of nitrogens with one attached hydrogen (secondary N) is 1. The summed E-state index contributed by atoms with van der Waals surface area (Å²) in [7, 11) is 1.63. The van der Waals surface area contributed by atoms with E-state index in [1.165, 1.54) is 0 Å². The first-order valence-corrected chi connectivity index (χ1v) is 7.30. The first kappa shape index (κ1) is 15.0. The summed E-state index contributed by atoms with van der Waals surface area (Å²) in [4.78, 5) is 13.6. The number of rotatable bonds is 5. The smallest absolute Gasteiger partial charge is 0.235 e. The lowest BCUT2D eigenvalue weighted by Crippen LogP contribution is -2.30. The molecule has 0 saturated carbocycles. The number of methoxy groups -OCH3 is 1. The van der Waals surface area contributed by atoms with E-state index in [-0.39, 0.29) is 12.1 Å². The molecule has 1 unspecified atom stereocenters. The van der Waals surface area contributed by atoms with E-state index in [1.54, 1.807) is 19.2 Å². The molecule has 0 spiro atoms. The third kappa shape index (κ3) is 3.14. The van der Waals surface area contributed by atoms with Crippen LogP contribution in [0.1, 0.15) is 11.9 Å². The van der Waals surface area contributed by atoms with Crippen molar-refractivity contribution in [3.63, 3.8) is 0 Å². The maximum atomic E-state index is 11.6. The molecule has 7 heteroatoms. The molecule has 2 heterocycles. The van der Waals surface area contributed by atoms with Gasteiger partial charge in [0, 0.05) is 30.3 Å². The molecule has 1 atom stereocenters. The summed E-state index contributed by atoms with van der Waals surface area (Å²) in [6.45, 7) is 1.52. The van der Waals surface area contributed by atoms with Crippen LogP contribution < -0.4 is 5.32 Å². The van der Waals surface area contributed by atoms with Crippen LogP contribution in [0.15, 0.2) is 34.9 Å². The summed E-state index contributed by atoms with van der Waals surface area (Å²) in [6, 6.07) is 9.15. The van der Waals surface area contributed by atoms with E-state index in [0.29, 0.717) is 36.2 Å². The topological polar surface area (TPSA) is 67.6 Å². The van der Waals surface area contributed by atoms with Crippen molar-refractivity contribution in [2.75, 3.05) is 26.8 Å². The molecule has 1 N–H and O–H groups in total. The van der Waals surface area contributed by atoms with E-state index >= 15 is 0 Å². The molecule has 1 saturated heterocycles. The van der Waals surface area contributed by atoms with Crippen LogP contribution >= 0.6 is 11.6 Å². The number of aromatic nitrogens is 1. The van der Waals surface area contributed by atoms with Crippen molar-refractivity contribution in [2.45, 2.75) is 6.17 Å². The molecule has 1 fully saturated rings. The van der Waals surface area contributed by atoms with Crippen LogP contribution in [0.4, 0.5) is 0 Å². The highest BCUT2D eigenvalue weighted by Crippen LogP contribution is 2.27. The average molecular weight is 322 g/mol. The maximum absolute atomic E-state index is 11.6. The quantitative estimate of drug-likeness (QED) is 0.913. The van der Waals surface area contributed by atoms with Gasteiger partial charge in [0.2, 0.25) is 5.91 Å². The minimum absolute atomic E-state index is 0.0304. The van der Waals surface area contributed by atoms with Gasteiger partial charge in [-0.05, 0) is 24.3 Å². The number of carbonyl (C=O) groups is 1. The molecule has 2 aromatic rings. The third-order valence-electron chi connectivity index (χ3n) is 3.53. The van der Waals surface area contributed by atoms with Crippen molar-refractivity contribution in [3.05, 3.63) is 41.0 Å². The summed E-state index contributed by atoms with van der Waals surface area (Å²) in [5.74, 6) is 0.608. The molecule has 1 aliphatic heterocycles. The zero-order valence-electron chi connectivity index (χ0n) is 12.1. The van der Waals surface area contributed by atoms with Gasteiger partial charge in [-0.15, -0.1) is 0 Å². The Morgan fingerprint density at radius 3 is 2.95 bits per heavy atom. The average Bonchev–Trinajstić information content (AvgIpc) is 3.12. The van der Waals surface area contributed by atoms with Crippen LogP contribution in [0.5, 0.6) is 0 Å². The normalized spacial score (nSPS) is 18.6. The highest BCUT2D eigenvalue weighted by atomic mass is 35.5. The van der Waals surface area contributed by atoms with Crippen molar-refractivity contribution in [3.8, 4) is 11.3 Å². The highest BCUT2D eigenvalue weighted by Gasteiger charge is 2.32. The lowest BCUT2D eigenvalue weighted by Gasteiger charge is -2.20. The van der Waals surface area contributed by atoms with Crippen LogP contribution in [0.3, 0.4) is 0 Å². The first-order chi connectivity index (χ1) is 10.7. The van der Waals surface area contributed by atoms with Gasteiger partial charge in [-0.3, -0.25) is 9.69 Å². The zero-order chi connectivity index (χ0) is 15.5. The minimum atomic E-state index is -0.285. The van der Waals surface area contributed by atoms with Gasteiger partial charge in [0.1, 0.15) is 11.9 Å². The van der Waals surface area contributed by atoms with Crippen LogP contribution in [0.2, 0.25) is 5.02 Å². The summed E-state index contributed by atoms with van der Waals surface area (Å²) in [6.07, 6.45) is -0.285. The van der Waals surface area contributed by atoms with Gasteiger partial charge in [-0.2, -0.15) is 0 Å². The Hall–Kier alpha value is -1.89. The third-order valence-corrected chi connectivity index (χ3v) is 3.78. The minimum Gasteiger partial charge on any atom is -0.383 e. The first-order valence-electron chi connectivity index (χ1n) is 6.92. The predicted octanol–water partition coefficient (Wildman–Crippen LogP) is 2.07. The molecule has 0 bridgehead atoms. The van der Waals surface area contributed by atoms with Crippen molar-refractivity contribution in [2.24, 2.45) is 0 Å². The Morgan fingerprint density at radius 2 is 2.23 bits per heavy atom. The second kappa shape index (κ2) is 6.48. The fourth-order valence-electron chi connectivity index (χ4n) is 2.41. The van der Waals surface area contributed by atoms with Crippen molar-refractivity contribution < 1.29 is 14.1 Å². The van der Waals surface area contributed by atoms with E-state index in [9.17, 15) is 4.79 Å². The predicted molar refractivity (Wildman–Crippen MR) is 81.3 cm³/mol. The Labute approximate surface area is 133 Å². The van der Waals surface area contributed by atoms with Gasteiger partial charge in [0.15, 0.2) is 5.76 Å². The van der Waals surface area contributed by atoms with Crippen molar-refractivity contribution >= 4 is 17.5 Å². The molecular formula is C15H16ClN3O3. The molecule has 6 nitrogen and oxygen atoms in total. The Morgan fingerprint density at radius 1 is 1.45 bits per heavy atom. The zero-order valence-corrected chi connectivity index (χ0v) is 12.8. The van der Waals surface area contributed by atoms with E-state index in [4.69, 9.17) is 20.9 Å². The summed E-state index contributed by atoms with van der Waals surface area (Å²) >= 11 is 5.88. The molecule has 116 valence electrons. The molecule has 0 radical (unpaired) electrons. The summed E-state index contributed by atoms with van der Waals surface area (Å²) in [5.41, 5.74) is 1.56. The van der Waals surface area contributed by atoms with Gasteiger partial charge in [0.05, 0.1) is 13.2 Å². The molecule has 1 amide bonds. The van der Waals surface area contributed by atoms with Crippen LogP contribution in [-0.4, -0.2) is 42.8 Å². The molecular weight excluding hydrogens is 306 g/mol. The largest absolute Gasteiger partial charge is 0.383 e. The molecule has 0 aliphatic carbocycles. The Kier molecular flexibility index (Phi) is 4.42. The van der Waals surface area contributed by atoms with Crippen molar-refractivity contribution in [1.29, 1.82) is 0 Å². The standard InChI is InChI=1S/C15H16ClN3O3/c1-21-7-6-19-9-14(20)17-15(19)12-8-13(22-18-12)10-2-4-11(16)5-3-10/h2-5,8,15H,6-7,9H2,1H3,(H,17,20). The number of hydrogen-bond donors (Lipinski definition) is 1. The van der Waals surface area contributed by atoms with Gasteiger partial charge in [-0.1, -0.05) is 16.8 Å². The number of ether oxygens (including phenoxy) is 1. The van der Waals surface area contributed by atoms with E-state index in [1.807, 2.05) is 23.1 Å². The summed E-state index contributed by atoms with van der Waals surface area (Å²) in [5, 5.41) is 7.64. The molecule has 3 rings (SSSR count). The number of amides is 1. The van der Waals surface area contributed by atoms with Crippen molar-refractivity contribution in [1.82, 2.24) is 15.4 Å². The fourth-order valence-corrected chi connectivity index (χ4v) is 2.54. The number of nitrogens with zero attached hydrogens (tertiary/aromatic N) is 2. The SMILES string of the molecule is COCCN1CC(=O)NC1c1cc(-c2ccc(Cl)cc2)on1. The molecule has 1 aromatic carbocycles. The number of halogens is 1. The van der Waals surface area contributed by atoms with Gasteiger partial charge in [-0.25, -0.2) is 0 Å². The van der Waals surface area contributed by atoms with E-state index in [2.05, 4.69) is 10.5 Å². The number of hydrogen-bond acceptors (Lipinski definition) is 5. The fraction of sp³-hybridized carbons (Fsp3) is 0.333. The maximum Gasteiger partial charge on any atom is 0.235 e. The molecule has 1 aromatic heterocycles.